The molecule has 0 spiro atoms. The molecular formula is C22H22Cl2N2Ti-2. The Morgan fingerprint density at radius 1 is 0.593 bits per heavy atom. The molecule has 27 heavy (non-hydrogen) atoms. The fraction of sp³-hybridized carbons (Fsp3) is 0.182. The van der Waals surface area contributed by atoms with Gasteiger partial charge in [-0.05, 0) is 27.7 Å². The standard InChI is InChI=1S/C22H22N2.2ClH.Ti/c1-15-9-11-17(3)21(13-15)23-19-7-5-6-8-20(19)24-22-14-16(2)10-12-18(22)4;;;/h5-14H,1-4H3;2*1H;/q-2;;;+2/p-2. The summed E-state index contributed by atoms with van der Waals surface area (Å²) in [6, 6.07) is 20.7. The Kier molecular flexibility index (Phi) is 8.72. The second-order valence-corrected chi connectivity index (χ2v) is 8.94. The third-order valence-electron chi connectivity index (χ3n) is 4.09. The topological polar surface area (TPSA) is 28.2 Å². The summed E-state index contributed by atoms with van der Waals surface area (Å²) in [5.41, 5.74) is 8.55. The van der Waals surface area contributed by atoms with Crippen LogP contribution in [0.15, 0.2) is 60.7 Å². The molecule has 3 rings (SSSR count). The first-order valence-electron chi connectivity index (χ1n) is 8.58. The van der Waals surface area contributed by atoms with Gasteiger partial charge in [-0.1, -0.05) is 82.9 Å². The van der Waals surface area contributed by atoms with Crippen LogP contribution < -0.4 is 0 Å². The SMILES string of the molecule is Cc1ccc(C)c([N-]c2ccccc2[N-]c2cc(C)ccc2C)c1.[Cl][Ti][Cl]. The van der Waals surface area contributed by atoms with E-state index in [0.717, 1.165) is 22.7 Å². The van der Waals surface area contributed by atoms with Crippen molar-refractivity contribution < 1.29 is 17.0 Å². The van der Waals surface area contributed by atoms with Crippen LogP contribution >= 0.6 is 18.6 Å². The molecule has 5 heteroatoms. The minimum absolute atomic E-state index is 0.556. The van der Waals surface area contributed by atoms with E-state index in [0.29, 0.717) is 0 Å². The molecule has 0 aliphatic carbocycles. The average molecular weight is 433 g/mol. The molecule has 0 saturated carbocycles. The maximum atomic E-state index is 4.89. The van der Waals surface area contributed by atoms with Crippen LogP contribution in [0.3, 0.4) is 0 Å². The molecule has 0 aliphatic rings. The summed E-state index contributed by atoms with van der Waals surface area (Å²) in [6.45, 7) is 8.35. The van der Waals surface area contributed by atoms with Crippen LogP contribution in [0, 0.1) is 27.7 Å². The molecule has 0 aromatic heterocycles. The van der Waals surface area contributed by atoms with Gasteiger partial charge in [-0.25, -0.2) is 0 Å². The molecule has 0 fully saturated rings. The Morgan fingerprint density at radius 2 is 0.963 bits per heavy atom. The summed E-state index contributed by atoms with van der Waals surface area (Å²) in [6.07, 6.45) is 0. The van der Waals surface area contributed by atoms with Gasteiger partial charge in [0, 0.05) is 0 Å². The summed E-state index contributed by atoms with van der Waals surface area (Å²) < 4.78 is 0. The molecule has 0 amide bonds. The summed E-state index contributed by atoms with van der Waals surface area (Å²) in [7, 11) is 9.78. The Balaban J connectivity index is 0.000000817. The van der Waals surface area contributed by atoms with Gasteiger partial charge in [0.2, 0.25) is 0 Å². The molecule has 0 radical (unpaired) electrons. The zero-order valence-electron chi connectivity index (χ0n) is 15.9. The maximum absolute atomic E-state index is 4.89. The van der Waals surface area contributed by atoms with E-state index in [9.17, 15) is 0 Å². The fourth-order valence-corrected chi connectivity index (χ4v) is 2.59. The molecule has 0 saturated heterocycles. The Morgan fingerprint density at radius 3 is 1.33 bits per heavy atom. The van der Waals surface area contributed by atoms with Gasteiger partial charge in [0.1, 0.15) is 0 Å². The van der Waals surface area contributed by atoms with E-state index in [4.69, 9.17) is 29.2 Å². The van der Waals surface area contributed by atoms with Gasteiger partial charge in [0.25, 0.3) is 0 Å². The van der Waals surface area contributed by atoms with E-state index in [-0.39, 0.29) is 0 Å². The number of nitrogens with zero attached hydrogens (tertiary/aromatic N) is 2. The molecular weight excluding hydrogens is 411 g/mol. The minimum atomic E-state index is -0.556. The van der Waals surface area contributed by atoms with E-state index in [1.807, 2.05) is 24.3 Å². The first-order valence-corrected chi connectivity index (χ1v) is 12.9. The molecule has 0 bridgehead atoms. The van der Waals surface area contributed by atoms with Crippen molar-refractivity contribution in [2.24, 2.45) is 0 Å². The van der Waals surface area contributed by atoms with Crippen molar-refractivity contribution in [2.45, 2.75) is 27.7 Å². The third-order valence-corrected chi connectivity index (χ3v) is 4.09. The van der Waals surface area contributed by atoms with E-state index in [2.05, 4.69) is 64.1 Å². The van der Waals surface area contributed by atoms with E-state index in [1.165, 1.54) is 22.3 Å². The third kappa shape index (κ3) is 6.58. The van der Waals surface area contributed by atoms with Crippen LogP contribution in [0.1, 0.15) is 22.3 Å². The molecule has 3 aromatic rings. The number of benzene rings is 3. The zero-order valence-corrected chi connectivity index (χ0v) is 19.0. The average Bonchev–Trinajstić information content (AvgIpc) is 2.63. The Hall–Kier alpha value is -1.45. The first-order chi connectivity index (χ1) is 12.9. The van der Waals surface area contributed by atoms with Crippen molar-refractivity contribution in [3.8, 4) is 0 Å². The van der Waals surface area contributed by atoms with Crippen LogP contribution in [0.2, 0.25) is 0 Å². The first kappa shape index (κ1) is 21.8. The van der Waals surface area contributed by atoms with Gasteiger partial charge in [0.05, 0.1) is 0 Å². The molecule has 140 valence electrons. The second-order valence-electron chi connectivity index (χ2n) is 6.36. The van der Waals surface area contributed by atoms with Gasteiger partial charge in [-0.2, -0.15) is 11.4 Å². The quantitative estimate of drug-likeness (QED) is 0.368. The van der Waals surface area contributed by atoms with Crippen molar-refractivity contribution in [3.05, 3.63) is 93.6 Å². The number of para-hydroxylation sites is 2. The summed E-state index contributed by atoms with van der Waals surface area (Å²) in [5.74, 6) is 0. The van der Waals surface area contributed by atoms with Crippen molar-refractivity contribution in [2.75, 3.05) is 0 Å². The predicted molar refractivity (Wildman–Crippen MR) is 115 cm³/mol. The second kappa shape index (κ2) is 10.8. The predicted octanol–water partition coefficient (Wildman–Crippen LogP) is 8.97. The molecule has 3 aromatic carbocycles. The Labute approximate surface area is 179 Å². The van der Waals surface area contributed by atoms with Gasteiger partial charge >= 0.3 is 35.6 Å². The van der Waals surface area contributed by atoms with E-state index < -0.39 is 17.0 Å². The van der Waals surface area contributed by atoms with Crippen molar-refractivity contribution in [1.29, 1.82) is 0 Å². The number of rotatable bonds is 4. The van der Waals surface area contributed by atoms with Crippen molar-refractivity contribution in [3.63, 3.8) is 0 Å². The molecule has 0 heterocycles. The molecule has 2 nitrogen and oxygen atoms in total. The van der Waals surface area contributed by atoms with Gasteiger partial charge in [0.15, 0.2) is 0 Å². The van der Waals surface area contributed by atoms with E-state index in [1.54, 1.807) is 0 Å². The number of aryl methyl sites for hydroxylation is 4. The number of hydrogen-bond acceptors (Lipinski definition) is 0. The molecule has 0 atom stereocenters. The van der Waals surface area contributed by atoms with Crippen LogP contribution in [-0.4, -0.2) is 0 Å². The fourth-order valence-electron chi connectivity index (χ4n) is 2.59. The van der Waals surface area contributed by atoms with Gasteiger partial charge in [-0.3, -0.25) is 0 Å². The van der Waals surface area contributed by atoms with Crippen LogP contribution in [0.5, 0.6) is 0 Å². The number of halogens is 2. The van der Waals surface area contributed by atoms with Gasteiger partial charge < -0.3 is 10.6 Å². The summed E-state index contributed by atoms with van der Waals surface area (Å²) >= 11 is -0.556. The van der Waals surface area contributed by atoms with Crippen LogP contribution in [0.4, 0.5) is 22.7 Å². The summed E-state index contributed by atoms with van der Waals surface area (Å²) in [5, 5.41) is 9.71. The van der Waals surface area contributed by atoms with E-state index >= 15 is 0 Å². The van der Waals surface area contributed by atoms with Gasteiger partial charge in [-0.15, -0.1) is 11.4 Å². The normalized spacial score (nSPS) is 9.85. The van der Waals surface area contributed by atoms with Crippen LogP contribution in [-0.2, 0) is 17.0 Å². The molecule has 0 N–H and O–H groups in total. The monoisotopic (exact) mass is 432 g/mol. The molecule has 0 unspecified atom stereocenters. The zero-order chi connectivity index (χ0) is 19.8. The Bertz CT molecular complexity index is 825. The summed E-state index contributed by atoms with van der Waals surface area (Å²) in [4.78, 5) is 0. The molecule has 0 aliphatic heterocycles. The number of hydrogen-bond donors (Lipinski definition) is 0. The van der Waals surface area contributed by atoms with Crippen molar-refractivity contribution in [1.82, 2.24) is 0 Å². The van der Waals surface area contributed by atoms with Crippen LogP contribution in [0.25, 0.3) is 10.6 Å². The van der Waals surface area contributed by atoms with Crippen molar-refractivity contribution >= 4 is 41.4 Å².